The van der Waals surface area contributed by atoms with Crippen molar-refractivity contribution in [3.8, 4) is 0 Å². The molecule has 0 aromatic carbocycles. The summed E-state index contributed by atoms with van der Waals surface area (Å²) < 4.78 is 0. The van der Waals surface area contributed by atoms with Crippen LogP contribution in [0.4, 0.5) is 0 Å². The van der Waals surface area contributed by atoms with Crippen molar-refractivity contribution < 1.29 is 0 Å². The lowest BCUT2D eigenvalue weighted by molar-refractivity contribution is 0.405. The zero-order valence-corrected chi connectivity index (χ0v) is 12.5. The highest BCUT2D eigenvalue weighted by molar-refractivity contribution is 5.00. The fourth-order valence-electron chi connectivity index (χ4n) is 1.88. The topological polar surface area (TPSA) is 0 Å². The van der Waals surface area contributed by atoms with E-state index in [4.69, 9.17) is 0 Å². The predicted molar refractivity (Wildman–Crippen MR) is 80.3 cm³/mol. The van der Waals surface area contributed by atoms with Crippen LogP contribution >= 0.6 is 0 Å². The van der Waals surface area contributed by atoms with Crippen LogP contribution in [0, 0.1) is 11.8 Å². The van der Waals surface area contributed by atoms with Gasteiger partial charge in [-0.2, -0.15) is 0 Å². The molecule has 0 aromatic rings. The van der Waals surface area contributed by atoms with Crippen LogP contribution in [-0.4, -0.2) is 0 Å². The highest BCUT2D eigenvalue weighted by atomic mass is 14.1. The molecule has 0 spiro atoms. The van der Waals surface area contributed by atoms with Crippen LogP contribution in [0.2, 0.25) is 0 Å². The normalized spacial score (nSPS) is 14.4. The van der Waals surface area contributed by atoms with E-state index in [1.165, 1.54) is 43.3 Å². The van der Waals surface area contributed by atoms with E-state index in [-0.39, 0.29) is 0 Å². The van der Waals surface area contributed by atoms with E-state index >= 15 is 0 Å². The first-order valence-electron chi connectivity index (χ1n) is 7.26. The van der Waals surface area contributed by atoms with Gasteiger partial charge in [-0.1, -0.05) is 57.8 Å². The standard InChI is InChI=1S/C17H32/c1-7-15(4)10-11-17(6)13-12-16(5)9-8-14(2)3/h15,17H,2,5,7-13H2,1,3-4,6H3. The van der Waals surface area contributed by atoms with Crippen molar-refractivity contribution in [3.05, 3.63) is 24.3 Å². The second-order valence-electron chi connectivity index (χ2n) is 5.94. The van der Waals surface area contributed by atoms with E-state index in [1.807, 2.05) is 0 Å². The highest BCUT2D eigenvalue weighted by Gasteiger charge is 2.06. The quantitative estimate of drug-likeness (QED) is 0.399. The molecule has 17 heavy (non-hydrogen) atoms. The van der Waals surface area contributed by atoms with Crippen molar-refractivity contribution in [1.82, 2.24) is 0 Å². The SMILES string of the molecule is C=C(C)CCC(=C)CCC(C)CCC(C)CC. The molecule has 0 heteroatoms. The fourth-order valence-corrected chi connectivity index (χ4v) is 1.88. The van der Waals surface area contributed by atoms with Crippen LogP contribution < -0.4 is 0 Å². The Morgan fingerprint density at radius 1 is 0.882 bits per heavy atom. The van der Waals surface area contributed by atoms with Crippen LogP contribution in [0.5, 0.6) is 0 Å². The minimum atomic E-state index is 0.852. The average Bonchev–Trinajstić information content (AvgIpc) is 2.30. The van der Waals surface area contributed by atoms with Gasteiger partial charge in [-0.05, 0) is 44.4 Å². The van der Waals surface area contributed by atoms with E-state index in [0.29, 0.717) is 0 Å². The summed E-state index contributed by atoms with van der Waals surface area (Å²) in [6.07, 6.45) is 8.84. The number of allylic oxidation sites excluding steroid dienone is 2. The Labute approximate surface area is 109 Å². The third-order valence-corrected chi connectivity index (χ3v) is 3.75. The number of hydrogen-bond donors (Lipinski definition) is 0. The summed E-state index contributed by atoms with van der Waals surface area (Å²) in [7, 11) is 0. The Bertz CT molecular complexity index is 224. The molecule has 0 N–H and O–H groups in total. The van der Waals surface area contributed by atoms with Crippen LogP contribution in [0.1, 0.15) is 72.6 Å². The van der Waals surface area contributed by atoms with Crippen molar-refractivity contribution in [1.29, 1.82) is 0 Å². The van der Waals surface area contributed by atoms with Crippen molar-refractivity contribution in [2.45, 2.75) is 72.6 Å². The third-order valence-electron chi connectivity index (χ3n) is 3.75. The molecule has 0 fully saturated rings. The maximum atomic E-state index is 4.17. The van der Waals surface area contributed by atoms with Crippen LogP contribution in [0.25, 0.3) is 0 Å². The first-order chi connectivity index (χ1) is 7.95. The molecule has 0 aliphatic rings. The van der Waals surface area contributed by atoms with Gasteiger partial charge < -0.3 is 0 Å². The molecule has 0 aliphatic carbocycles. The molecular formula is C17H32. The van der Waals surface area contributed by atoms with Gasteiger partial charge in [0.05, 0.1) is 0 Å². The maximum Gasteiger partial charge on any atom is -0.0286 e. The smallest absolute Gasteiger partial charge is 0.0286 e. The fraction of sp³-hybridized carbons (Fsp3) is 0.765. The zero-order chi connectivity index (χ0) is 13.3. The summed E-state index contributed by atoms with van der Waals surface area (Å²) in [5, 5.41) is 0. The summed E-state index contributed by atoms with van der Waals surface area (Å²) in [6.45, 7) is 17.2. The van der Waals surface area contributed by atoms with Gasteiger partial charge in [-0.15, -0.1) is 6.58 Å². The van der Waals surface area contributed by atoms with Crippen LogP contribution in [-0.2, 0) is 0 Å². The molecule has 0 saturated carbocycles. The molecule has 0 heterocycles. The van der Waals surface area contributed by atoms with E-state index in [2.05, 4.69) is 40.9 Å². The first-order valence-corrected chi connectivity index (χ1v) is 7.26. The molecule has 0 aromatic heterocycles. The van der Waals surface area contributed by atoms with Crippen molar-refractivity contribution >= 4 is 0 Å². The van der Waals surface area contributed by atoms with Crippen molar-refractivity contribution in [3.63, 3.8) is 0 Å². The number of hydrogen-bond acceptors (Lipinski definition) is 0. The lowest BCUT2D eigenvalue weighted by Crippen LogP contribution is -2.00. The summed E-state index contributed by atoms with van der Waals surface area (Å²) >= 11 is 0. The first kappa shape index (κ1) is 16.5. The molecule has 0 saturated heterocycles. The van der Waals surface area contributed by atoms with Crippen molar-refractivity contribution in [2.24, 2.45) is 11.8 Å². The summed E-state index contributed by atoms with van der Waals surface area (Å²) in [4.78, 5) is 0. The van der Waals surface area contributed by atoms with Gasteiger partial charge >= 0.3 is 0 Å². The minimum absolute atomic E-state index is 0.852. The third kappa shape index (κ3) is 10.4. The van der Waals surface area contributed by atoms with Gasteiger partial charge in [0.2, 0.25) is 0 Å². The lowest BCUT2D eigenvalue weighted by atomic mass is 9.91. The highest BCUT2D eigenvalue weighted by Crippen LogP contribution is 2.22. The van der Waals surface area contributed by atoms with E-state index in [0.717, 1.165) is 24.7 Å². The minimum Gasteiger partial charge on any atom is -0.100 e. The van der Waals surface area contributed by atoms with Crippen LogP contribution in [0.3, 0.4) is 0 Å². The summed E-state index contributed by atoms with van der Waals surface area (Å²) in [5.74, 6) is 1.75. The monoisotopic (exact) mass is 236 g/mol. The summed E-state index contributed by atoms with van der Waals surface area (Å²) in [6, 6.07) is 0. The Morgan fingerprint density at radius 2 is 1.47 bits per heavy atom. The molecule has 2 unspecified atom stereocenters. The van der Waals surface area contributed by atoms with Gasteiger partial charge in [0.25, 0.3) is 0 Å². The Kier molecular flexibility index (Phi) is 9.21. The van der Waals surface area contributed by atoms with Gasteiger partial charge in [0.1, 0.15) is 0 Å². The largest absolute Gasteiger partial charge is 0.100 e. The molecule has 100 valence electrons. The molecule has 0 amide bonds. The Hall–Kier alpha value is -0.520. The van der Waals surface area contributed by atoms with Gasteiger partial charge in [0, 0.05) is 0 Å². The molecular weight excluding hydrogens is 204 g/mol. The molecule has 0 bridgehead atoms. The number of rotatable bonds is 10. The van der Waals surface area contributed by atoms with Gasteiger partial charge in [0.15, 0.2) is 0 Å². The van der Waals surface area contributed by atoms with Gasteiger partial charge in [-0.25, -0.2) is 0 Å². The zero-order valence-electron chi connectivity index (χ0n) is 12.5. The van der Waals surface area contributed by atoms with Gasteiger partial charge in [-0.3, -0.25) is 0 Å². The Morgan fingerprint density at radius 3 is 2.00 bits per heavy atom. The van der Waals surface area contributed by atoms with E-state index in [1.54, 1.807) is 0 Å². The molecule has 0 radical (unpaired) electrons. The second-order valence-corrected chi connectivity index (χ2v) is 5.94. The molecule has 0 nitrogen and oxygen atoms in total. The van der Waals surface area contributed by atoms with E-state index in [9.17, 15) is 0 Å². The molecule has 0 aliphatic heterocycles. The predicted octanol–water partition coefficient (Wildman–Crippen LogP) is 6.14. The Balaban J connectivity index is 3.58. The average molecular weight is 236 g/mol. The molecule has 0 rings (SSSR count). The van der Waals surface area contributed by atoms with E-state index < -0.39 is 0 Å². The maximum absolute atomic E-state index is 4.17. The van der Waals surface area contributed by atoms with Crippen LogP contribution in [0.15, 0.2) is 24.3 Å². The lowest BCUT2D eigenvalue weighted by Gasteiger charge is -2.15. The van der Waals surface area contributed by atoms with Crippen molar-refractivity contribution in [2.75, 3.05) is 0 Å². The summed E-state index contributed by atoms with van der Waals surface area (Å²) in [5.41, 5.74) is 2.68. The molecule has 2 atom stereocenters. The second kappa shape index (κ2) is 9.50.